The van der Waals surface area contributed by atoms with Gasteiger partial charge in [0, 0.05) is 31.6 Å². The van der Waals surface area contributed by atoms with E-state index in [1.165, 1.54) is 30.5 Å². The molecule has 0 spiro atoms. The standard InChI is InChI=1S/C12H19BrN4/c1-2-3-4-6-15-11-9-8-14-7-5-10(9)16-12(13)17-11/h14H,2-8H2,1H3,(H,15,16,17). The molecule has 2 rings (SSSR count). The summed E-state index contributed by atoms with van der Waals surface area (Å²) in [4.78, 5) is 8.88. The minimum absolute atomic E-state index is 0.691. The molecule has 0 bridgehead atoms. The van der Waals surface area contributed by atoms with E-state index < -0.39 is 0 Å². The Kier molecular flexibility index (Phi) is 4.74. The van der Waals surface area contributed by atoms with Crippen molar-refractivity contribution in [3.8, 4) is 0 Å². The SMILES string of the molecule is CCCCCNc1nc(Br)nc2c1CNCC2. The topological polar surface area (TPSA) is 49.8 Å². The van der Waals surface area contributed by atoms with Crippen LogP contribution in [0.1, 0.15) is 37.4 Å². The van der Waals surface area contributed by atoms with Gasteiger partial charge in [0.2, 0.25) is 0 Å². The van der Waals surface area contributed by atoms with E-state index >= 15 is 0 Å². The highest BCUT2D eigenvalue weighted by Crippen LogP contribution is 2.21. The van der Waals surface area contributed by atoms with E-state index in [4.69, 9.17) is 0 Å². The first kappa shape index (κ1) is 12.8. The third-order valence-corrected chi connectivity index (χ3v) is 3.33. The Morgan fingerprint density at radius 2 is 2.24 bits per heavy atom. The average molecular weight is 299 g/mol. The van der Waals surface area contributed by atoms with Gasteiger partial charge in [0.05, 0.1) is 5.69 Å². The van der Waals surface area contributed by atoms with Crippen LogP contribution in [0.25, 0.3) is 0 Å². The van der Waals surface area contributed by atoms with Gasteiger partial charge in [-0.3, -0.25) is 0 Å². The number of anilines is 1. The largest absolute Gasteiger partial charge is 0.370 e. The first-order valence-electron chi connectivity index (χ1n) is 6.31. The van der Waals surface area contributed by atoms with E-state index in [0.717, 1.165) is 31.9 Å². The van der Waals surface area contributed by atoms with E-state index in [1.54, 1.807) is 0 Å². The summed E-state index contributed by atoms with van der Waals surface area (Å²) in [6, 6.07) is 0. The van der Waals surface area contributed by atoms with Crippen LogP contribution in [-0.2, 0) is 13.0 Å². The molecule has 1 aliphatic heterocycles. The normalized spacial score (nSPS) is 14.5. The number of halogens is 1. The molecular formula is C12H19BrN4. The first-order chi connectivity index (χ1) is 8.31. The molecule has 0 saturated carbocycles. The van der Waals surface area contributed by atoms with Crippen molar-refractivity contribution in [1.29, 1.82) is 0 Å². The van der Waals surface area contributed by atoms with Crippen molar-refractivity contribution >= 4 is 21.7 Å². The van der Waals surface area contributed by atoms with Crippen LogP contribution in [0, 0.1) is 0 Å². The summed E-state index contributed by atoms with van der Waals surface area (Å²) in [5.41, 5.74) is 2.40. The number of rotatable bonds is 5. The number of nitrogens with zero attached hydrogens (tertiary/aromatic N) is 2. The number of hydrogen-bond acceptors (Lipinski definition) is 4. The van der Waals surface area contributed by atoms with Gasteiger partial charge in [0.1, 0.15) is 5.82 Å². The molecule has 0 amide bonds. The van der Waals surface area contributed by atoms with Gasteiger partial charge in [-0.1, -0.05) is 19.8 Å². The second-order valence-corrected chi connectivity index (χ2v) is 5.04. The Bertz CT molecular complexity index is 381. The minimum Gasteiger partial charge on any atom is -0.370 e. The predicted octanol–water partition coefficient (Wildman–Crippen LogP) is 2.49. The van der Waals surface area contributed by atoms with Gasteiger partial charge in [-0.2, -0.15) is 0 Å². The van der Waals surface area contributed by atoms with Crippen molar-refractivity contribution < 1.29 is 0 Å². The molecule has 0 saturated heterocycles. The van der Waals surface area contributed by atoms with Crippen LogP contribution < -0.4 is 10.6 Å². The molecule has 17 heavy (non-hydrogen) atoms. The number of nitrogens with one attached hydrogen (secondary N) is 2. The summed E-state index contributed by atoms with van der Waals surface area (Å²) < 4.78 is 0.691. The smallest absolute Gasteiger partial charge is 0.198 e. The monoisotopic (exact) mass is 298 g/mol. The van der Waals surface area contributed by atoms with Crippen LogP contribution in [0.4, 0.5) is 5.82 Å². The molecule has 2 heterocycles. The summed E-state index contributed by atoms with van der Waals surface area (Å²) in [5, 5.41) is 6.79. The maximum atomic E-state index is 4.44. The Morgan fingerprint density at radius 3 is 3.06 bits per heavy atom. The molecule has 1 aromatic heterocycles. The molecule has 0 aromatic carbocycles. The van der Waals surface area contributed by atoms with Gasteiger partial charge in [0.25, 0.3) is 0 Å². The molecule has 0 unspecified atom stereocenters. The number of aromatic nitrogens is 2. The summed E-state index contributed by atoms with van der Waals surface area (Å²) >= 11 is 3.38. The van der Waals surface area contributed by atoms with Gasteiger partial charge < -0.3 is 10.6 Å². The van der Waals surface area contributed by atoms with Crippen LogP contribution in [-0.4, -0.2) is 23.1 Å². The summed E-state index contributed by atoms with van der Waals surface area (Å²) in [6.07, 6.45) is 4.69. The van der Waals surface area contributed by atoms with Crippen molar-refractivity contribution in [2.24, 2.45) is 0 Å². The zero-order valence-corrected chi connectivity index (χ0v) is 11.8. The lowest BCUT2D eigenvalue weighted by molar-refractivity contribution is 0.624. The Hall–Kier alpha value is -0.680. The lowest BCUT2D eigenvalue weighted by atomic mass is 10.1. The fourth-order valence-corrected chi connectivity index (χ4v) is 2.43. The third kappa shape index (κ3) is 3.39. The van der Waals surface area contributed by atoms with Gasteiger partial charge in [-0.05, 0) is 22.4 Å². The van der Waals surface area contributed by atoms with Crippen LogP contribution in [0.5, 0.6) is 0 Å². The van der Waals surface area contributed by atoms with Gasteiger partial charge in [-0.25, -0.2) is 9.97 Å². The highest BCUT2D eigenvalue weighted by atomic mass is 79.9. The molecule has 0 radical (unpaired) electrons. The van der Waals surface area contributed by atoms with Crippen LogP contribution in [0.15, 0.2) is 4.73 Å². The molecule has 94 valence electrons. The molecule has 1 aliphatic rings. The second-order valence-electron chi connectivity index (χ2n) is 4.33. The highest BCUT2D eigenvalue weighted by molar-refractivity contribution is 9.10. The second kappa shape index (κ2) is 6.31. The number of unbranched alkanes of at least 4 members (excludes halogenated alkanes) is 2. The highest BCUT2D eigenvalue weighted by Gasteiger charge is 2.16. The summed E-state index contributed by atoms with van der Waals surface area (Å²) in [7, 11) is 0. The molecular weight excluding hydrogens is 280 g/mol. The van der Waals surface area contributed by atoms with E-state index in [0.29, 0.717) is 4.73 Å². The fraction of sp³-hybridized carbons (Fsp3) is 0.667. The molecule has 4 nitrogen and oxygen atoms in total. The van der Waals surface area contributed by atoms with E-state index in [1.807, 2.05) is 0 Å². The van der Waals surface area contributed by atoms with Gasteiger partial charge in [-0.15, -0.1) is 0 Å². The van der Waals surface area contributed by atoms with E-state index in [2.05, 4.69) is 43.5 Å². The first-order valence-corrected chi connectivity index (χ1v) is 7.10. The van der Waals surface area contributed by atoms with Crippen LogP contribution in [0.3, 0.4) is 0 Å². The van der Waals surface area contributed by atoms with Crippen molar-refractivity contribution in [2.75, 3.05) is 18.4 Å². The van der Waals surface area contributed by atoms with Crippen molar-refractivity contribution in [3.05, 3.63) is 16.0 Å². The molecule has 1 aromatic rings. The number of hydrogen-bond donors (Lipinski definition) is 2. The quantitative estimate of drug-likeness (QED) is 0.648. The van der Waals surface area contributed by atoms with Crippen molar-refractivity contribution in [3.63, 3.8) is 0 Å². The maximum absolute atomic E-state index is 4.44. The molecule has 0 atom stereocenters. The molecule has 0 fully saturated rings. The Labute approximate surface area is 111 Å². The maximum Gasteiger partial charge on any atom is 0.198 e. The lowest BCUT2D eigenvalue weighted by Crippen LogP contribution is -2.26. The predicted molar refractivity (Wildman–Crippen MR) is 73.2 cm³/mol. The van der Waals surface area contributed by atoms with Gasteiger partial charge >= 0.3 is 0 Å². The molecule has 0 aliphatic carbocycles. The van der Waals surface area contributed by atoms with Crippen molar-refractivity contribution in [1.82, 2.24) is 15.3 Å². The zero-order valence-electron chi connectivity index (χ0n) is 10.2. The lowest BCUT2D eigenvalue weighted by Gasteiger charge is -2.19. The fourth-order valence-electron chi connectivity index (χ4n) is 2.04. The average Bonchev–Trinajstić information content (AvgIpc) is 2.34. The summed E-state index contributed by atoms with van der Waals surface area (Å²) in [5.74, 6) is 0.991. The molecule has 5 heteroatoms. The minimum atomic E-state index is 0.691. The van der Waals surface area contributed by atoms with Crippen LogP contribution >= 0.6 is 15.9 Å². The van der Waals surface area contributed by atoms with Crippen molar-refractivity contribution in [2.45, 2.75) is 39.2 Å². The van der Waals surface area contributed by atoms with E-state index in [9.17, 15) is 0 Å². The third-order valence-electron chi connectivity index (χ3n) is 2.98. The summed E-state index contributed by atoms with van der Waals surface area (Å²) in [6.45, 7) is 5.08. The van der Waals surface area contributed by atoms with Gasteiger partial charge in [0.15, 0.2) is 4.73 Å². The molecule has 2 N–H and O–H groups in total. The van der Waals surface area contributed by atoms with E-state index in [-0.39, 0.29) is 0 Å². The zero-order chi connectivity index (χ0) is 12.1. The Morgan fingerprint density at radius 1 is 1.35 bits per heavy atom. The number of fused-ring (bicyclic) bond motifs is 1. The van der Waals surface area contributed by atoms with Crippen LogP contribution in [0.2, 0.25) is 0 Å². The Balaban J connectivity index is 2.07.